The molecule has 0 amide bonds. The highest BCUT2D eigenvalue weighted by Crippen LogP contribution is 2.22. The van der Waals surface area contributed by atoms with Gasteiger partial charge >= 0.3 is 0 Å². The predicted molar refractivity (Wildman–Crippen MR) is 116 cm³/mol. The number of hydrogen-bond acceptors (Lipinski definition) is 6. The van der Waals surface area contributed by atoms with Crippen LogP contribution in [0.3, 0.4) is 0 Å². The van der Waals surface area contributed by atoms with Crippen LogP contribution in [0.1, 0.15) is 5.56 Å². The summed E-state index contributed by atoms with van der Waals surface area (Å²) in [5, 5.41) is 11.9. The molecular weight excluding hydrogens is 440 g/mol. The van der Waals surface area contributed by atoms with Gasteiger partial charge in [0.05, 0.1) is 7.11 Å². The summed E-state index contributed by atoms with van der Waals surface area (Å²) in [6.45, 7) is 4.10. The third-order valence-corrected chi connectivity index (χ3v) is 5.43. The molecule has 1 N–H and O–H groups in total. The minimum Gasteiger partial charge on any atom is -0.497 e. The van der Waals surface area contributed by atoms with Crippen molar-refractivity contribution in [1.29, 1.82) is 0 Å². The van der Waals surface area contributed by atoms with E-state index in [1.165, 1.54) is 11.8 Å². The van der Waals surface area contributed by atoms with E-state index in [-0.39, 0.29) is 11.4 Å². The highest BCUT2D eigenvalue weighted by atomic mass is 79.9. The zero-order valence-electron chi connectivity index (χ0n) is 15.3. The third-order valence-electron chi connectivity index (χ3n) is 3.86. The van der Waals surface area contributed by atoms with Gasteiger partial charge in [-0.05, 0) is 42.0 Å². The summed E-state index contributed by atoms with van der Waals surface area (Å²) in [7, 11) is 1.64. The number of ether oxygens (including phenoxy) is 1. The molecule has 1 aromatic heterocycles. The summed E-state index contributed by atoms with van der Waals surface area (Å²) in [6, 6.07) is 15.3. The molecule has 0 aliphatic heterocycles. The molecule has 0 fully saturated rings. The first kappa shape index (κ1) is 20.2. The Balaban J connectivity index is 1.80. The molecule has 0 saturated carbocycles. The maximum Gasteiger partial charge on any atom is 0.297 e. The molecule has 0 spiro atoms. The average Bonchev–Trinajstić information content (AvgIpc) is 2.72. The molecule has 0 aliphatic rings. The number of benzene rings is 2. The van der Waals surface area contributed by atoms with Gasteiger partial charge in [0.15, 0.2) is 5.16 Å². The number of hydrogen-bond donors (Lipinski definition) is 1. The molecule has 0 unspecified atom stereocenters. The standard InChI is InChI=1S/C20H19BrN4O2S/c1-3-12-25-19(26)18(22-16-8-6-15(21)7-9-16)23-24-20(25)28-13-14-4-10-17(27-2)11-5-14/h3-11H,1,12-13H2,2H3,(H,22,23). The van der Waals surface area contributed by atoms with E-state index in [9.17, 15) is 4.79 Å². The fraction of sp³-hybridized carbons (Fsp3) is 0.150. The molecule has 0 atom stereocenters. The van der Waals surface area contributed by atoms with Gasteiger partial charge in [0, 0.05) is 22.5 Å². The number of thioether (sulfide) groups is 1. The maximum atomic E-state index is 12.9. The first-order valence-electron chi connectivity index (χ1n) is 8.47. The molecule has 6 nitrogen and oxygen atoms in total. The normalized spacial score (nSPS) is 10.5. The monoisotopic (exact) mass is 458 g/mol. The molecule has 144 valence electrons. The molecule has 0 radical (unpaired) electrons. The number of aromatic nitrogens is 3. The van der Waals surface area contributed by atoms with Gasteiger partial charge in [-0.1, -0.05) is 45.9 Å². The second-order valence-corrected chi connectivity index (χ2v) is 7.66. The van der Waals surface area contributed by atoms with E-state index in [0.29, 0.717) is 17.5 Å². The molecule has 1 heterocycles. The van der Waals surface area contributed by atoms with E-state index in [1.54, 1.807) is 17.8 Å². The van der Waals surface area contributed by atoms with Crippen molar-refractivity contribution in [1.82, 2.24) is 14.8 Å². The molecule has 3 rings (SSSR count). The van der Waals surface area contributed by atoms with Crippen LogP contribution in [0.15, 0.2) is 75.6 Å². The molecule has 2 aromatic carbocycles. The summed E-state index contributed by atoms with van der Waals surface area (Å²) in [5.74, 6) is 1.65. The van der Waals surface area contributed by atoms with Gasteiger partial charge in [-0.15, -0.1) is 16.8 Å². The highest BCUT2D eigenvalue weighted by molar-refractivity contribution is 9.10. The van der Waals surface area contributed by atoms with Crippen LogP contribution in [0.4, 0.5) is 11.5 Å². The zero-order valence-corrected chi connectivity index (χ0v) is 17.7. The Morgan fingerprint density at radius 1 is 1.18 bits per heavy atom. The van der Waals surface area contributed by atoms with E-state index < -0.39 is 0 Å². The van der Waals surface area contributed by atoms with Crippen LogP contribution in [0.2, 0.25) is 0 Å². The van der Waals surface area contributed by atoms with E-state index in [0.717, 1.165) is 21.5 Å². The lowest BCUT2D eigenvalue weighted by atomic mass is 10.2. The van der Waals surface area contributed by atoms with Gasteiger partial charge in [0.25, 0.3) is 5.56 Å². The van der Waals surface area contributed by atoms with Crippen molar-refractivity contribution in [3.8, 4) is 5.75 Å². The number of halogens is 1. The highest BCUT2D eigenvalue weighted by Gasteiger charge is 2.12. The quantitative estimate of drug-likeness (QED) is 0.391. The van der Waals surface area contributed by atoms with Crippen molar-refractivity contribution in [3.63, 3.8) is 0 Å². The van der Waals surface area contributed by atoms with Crippen LogP contribution < -0.4 is 15.6 Å². The molecule has 8 heteroatoms. The molecular formula is C20H19BrN4O2S. The summed E-state index contributed by atoms with van der Waals surface area (Å²) in [5.41, 5.74) is 1.62. The topological polar surface area (TPSA) is 69.0 Å². The maximum absolute atomic E-state index is 12.9. The van der Waals surface area contributed by atoms with Crippen LogP contribution in [-0.4, -0.2) is 21.9 Å². The fourth-order valence-electron chi connectivity index (χ4n) is 2.42. The van der Waals surface area contributed by atoms with Crippen molar-refractivity contribution in [3.05, 3.63) is 81.6 Å². The van der Waals surface area contributed by atoms with Crippen molar-refractivity contribution >= 4 is 39.2 Å². The van der Waals surface area contributed by atoms with E-state index in [2.05, 4.69) is 38.0 Å². The lowest BCUT2D eigenvalue weighted by Gasteiger charge is -2.12. The van der Waals surface area contributed by atoms with Crippen molar-refractivity contribution < 1.29 is 4.74 Å². The van der Waals surface area contributed by atoms with Crippen LogP contribution >= 0.6 is 27.7 Å². The van der Waals surface area contributed by atoms with Crippen LogP contribution in [0, 0.1) is 0 Å². The van der Waals surface area contributed by atoms with Gasteiger partial charge in [-0.25, -0.2) is 0 Å². The Labute approximate surface area is 175 Å². The lowest BCUT2D eigenvalue weighted by Crippen LogP contribution is -2.26. The van der Waals surface area contributed by atoms with Crippen LogP contribution in [0.5, 0.6) is 5.75 Å². The number of nitrogens with one attached hydrogen (secondary N) is 1. The van der Waals surface area contributed by atoms with E-state index in [4.69, 9.17) is 4.74 Å². The number of allylic oxidation sites excluding steroid dienone is 1. The number of methoxy groups -OCH3 is 1. The van der Waals surface area contributed by atoms with E-state index in [1.807, 2.05) is 48.5 Å². The Morgan fingerprint density at radius 3 is 2.54 bits per heavy atom. The minimum absolute atomic E-state index is 0.179. The van der Waals surface area contributed by atoms with Crippen LogP contribution in [-0.2, 0) is 12.3 Å². The first-order chi connectivity index (χ1) is 13.6. The van der Waals surface area contributed by atoms with Gasteiger partial charge < -0.3 is 10.1 Å². The Kier molecular flexibility index (Phi) is 6.89. The number of rotatable bonds is 8. The van der Waals surface area contributed by atoms with Gasteiger partial charge in [-0.2, -0.15) is 0 Å². The smallest absolute Gasteiger partial charge is 0.297 e. The Hall–Kier alpha value is -2.58. The molecule has 3 aromatic rings. The SMILES string of the molecule is C=CCn1c(SCc2ccc(OC)cc2)nnc(Nc2ccc(Br)cc2)c1=O. The summed E-state index contributed by atoms with van der Waals surface area (Å²) in [4.78, 5) is 12.9. The molecule has 0 bridgehead atoms. The number of anilines is 2. The summed E-state index contributed by atoms with van der Waals surface area (Å²) < 4.78 is 7.69. The van der Waals surface area contributed by atoms with Crippen molar-refractivity contribution in [2.75, 3.05) is 12.4 Å². The van der Waals surface area contributed by atoms with Gasteiger partial charge in [0.1, 0.15) is 5.75 Å². The minimum atomic E-state index is -0.241. The summed E-state index contributed by atoms with van der Waals surface area (Å²) in [6.07, 6.45) is 1.67. The molecule has 28 heavy (non-hydrogen) atoms. The largest absolute Gasteiger partial charge is 0.497 e. The average molecular weight is 459 g/mol. The van der Waals surface area contributed by atoms with E-state index >= 15 is 0 Å². The Morgan fingerprint density at radius 2 is 1.89 bits per heavy atom. The Bertz CT molecular complexity index is 1000. The molecule has 0 saturated heterocycles. The lowest BCUT2D eigenvalue weighted by molar-refractivity contribution is 0.414. The second kappa shape index (κ2) is 9.57. The van der Waals surface area contributed by atoms with Crippen LogP contribution in [0.25, 0.3) is 0 Å². The fourth-order valence-corrected chi connectivity index (χ4v) is 3.58. The van der Waals surface area contributed by atoms with Crippen molar-refractivity contribution in [2.24, 2.45) is 0 Å². The van der Waals surface area contributed by atoms with Gasteiger partial charge in [0.2, 0.25) is 5.82 Å². The second-order valence-electron chi connectivity index (χ2n) is 5.80. The first-order valence-corrected chi connectivity index (χ1v) is 10.3. The summed E-state index contributed by atoms with van der Waals surface area (Å²) >= 11 is 4.84. The van der Waals surface area contributed by atoms with Gasteiger partial charge in [-0.3, -0.25) is 9.36 Å². The predicted octanol–water partition coefficient (Wildman–Crippen LogP) is 4.63. The zero-order chi connectivity index (χ0) is 19.9. The van der Waals surface area contributed by atoms with Crippen molar-refractivity contribution in [2.45, 2.75) is 17.5 Å². The molecule has 0 aliphatic carbocycles. The number of nitrogens with zero attached hydrogens (tertiary/aromatic N) is 3. The third kappa shape index (κ3) is 5.02.